The molecule has 17 heavy (non-hydrogen) atoms. The minimum Gasteiger partial charge on any atom is -0.347 e. The second-order valence-corrected chi connectivity index (χ2v) is 4.60. The highest BCUT2D eigenvalue weighted by Gasteiger charge is 2.04. The molecule has 0 saturated heterocycles. The van der Waals surface area contributed by atoms with Gasteiger partial charge in [-0.3, -0.25) is 0 Å². The molecule has 0 bridgehead atoms. The second-order valence-electron chi connectivity index (χ2n) is 4.60. The number of nitrogens with two attached hydrogens (primary N) is 1. The molecule has 2 rings (SSSR count). The maximum Gasteiger partial charge on any atom is 0.0483 e. The molecule has 0 spiro atoms. The highest BCUT2D eigenvalue weighted by atomic mass is 14.9. The Morgan fingerprint density at radius 1 is 1.18 bits per heavy atom. The molecule has 0 aliphatic heterocycles. The van der Waals surface area contributed by atoms with E-state index in [1.165, 1.54) is 35.7 Å². The summed E-state index contributed by atoms with van der Waals surface area (Å²) in [5.41, 5.74) is 8.38. The smallest absolute Gasteiger partial charge is 0.0483 e. The van der Waals surface area contributed by atoms with Crippen LogP contribution in [0.5, 0.6) is 0 Å². The third-order valence-electron chi connectivity index (χ3n) is 3.32. The Labute approximate surface area is 103 Å². The van der Waals surface area contributed by atoms with E-state index in [1.807, 2.05) is 0 Å². The van der Waals surface area contributed by atoms with Gasteiger partial charge in [-0.25, -0.2) is 0 Å². The van der Waals surface area contributed by atoms with Crippen LogP contribution in [0.4, 0.5) is 0 Å². The van der Waals surface area contributed by atoms with Crippen LogP contribution in [0.2, 0.25) is 0 Å². The molecule has 2 aromatic rings. The Morgan fingerprint density at radius 3 is 2.82 bits per heavy atom. The van der Waals surface area contributed by atoms with Crippen molar-refractivity contribution in [1.29, 1.82) is 0 Å². The molecule has 2 nitrogen and oxygen atoms in total. The molecule has 0 aliphatic rings. The van der Waals surface area contributed by atoms with Crippen LogP contribution in [0, 0.1) is 0 Å². The number of aromatic nitrogens is 1. The first-order valence-electron chi connectivity index (χ1n) is 6.63. The molecule has 0 atom stereocenters. The third-order valence-corrected chi connectivity index (χ3v) is 3.32. The molecule has 1 aromatic heterocycles. The highest BCUT2D eigenvalue weighted by molar-refractivity contribution is 5.83. The van der Waals surface area contributed by atoms with Crippen molar-refractivity contribution in [2.24, 2.45) is 5.73 Å². The summed E-state index contributed by atoms with van der Waals surface area (Å²) in [5.74, 6) is 0. The zero-order valence-electron chi connectivity index (χ0n) is 10.7. The van der Waals surface area contributed by atoms with E-state index in [4.69, 9.17) is 5.73 Å². The second kappa shape index (κ2) is 5.87. The predicted octanol–water partition coefficient (Wildman–Crippen LogP) is 3.33. The van der Waals surface area contributed by atoms with E-state index < -0.39 is 0 Å². The van der Waals surface area contributed by atoms with Crippen molar-refractivity contribution >= 4 is 10.9 Å². The number of aryl methyl sites for hydroxylation is 1. The molecule has 0 saturated carbocycles. The Hall–Kier alpha value is -1.28. The SMILES string of the molecule is CCCCCn1ccc2c(CCN)cccc21. The summed E-state index contributed by atoms with van der Waals surface area (Å²) >= 11 is 0. The number of fused-ring (bicyclic) bond motifs is 1. The van der Waals surface area contributed by atoms with Gasteiger partial charge in [-0.05, 0) is 37.1 Å². The minimum atomic E-state index is 0.722. The monoisotopic (exact) mass is 230 g/mol. The fourth-order valence-electron chi connectivity index (χ4n) is 2.39. The topological polar surface area (TPSA) is 30.9 Å². The number of hydrogen-bond acceptors (Lipinski definition) is 1. The number of hydrogen-bond donors (Lipinski definition) is 1. The maximum atomic E-state index is 5.65. The van der Waals surface area contributed by atoms with Gasteiger partial charge in [0.15, 0.2) is 0 Å². The molecule has 0 radical (unpaired) electrons. The molecule has 0 fully saturated rings. The quantitative estimate of drug-likeness (QED) is 0.758. The Balaban J connectivity index is 2.24. The predicted molar refractivity (Wildman–Crippen MR) is 74.2 cm³/mol. The summed E-state index contributed by atoms with van der Waals surface area (Å²) in [7, 11) is 0. The molecular formula is C15H22N2. The lowest BCUT2D eigenvalue weighted by atomic mass is 10.1. The number of nitrogens with zero attached hydrogens (tertiary/aromatic N) is 1. The summed E-state index contributed by atoms with van der Waals surface area (Å²) < 4.78 is 2.37. The zero-order valence-corrected chi connectivity index (χ0v) is 10.7. The summed E-state index contributed by atoms with van der Waals surface area (Å²) in [4.78, 5) is 0. The van der Waals surface area contributed by atoms with Crippen LogP contribution >= 0.6 is 0 Å². The van der Waals surface area contributed by atoms with Gasteiger partial charge in [-0.2, -0.15) is 0 Å². The molecule has 0 aliphatic carbocycles. The van der Waals surface area contributed by atoms with Crippen molar-refractivity contribution in [3.05, 3.63) is 36.0 Å². The molecule has 2 heteroatoms. The van der Waals surface area contributed by atoms with Gasteiger partial charge in [0, 0.05) is 23.6 Å². The minimum absolute atomic E-state index is 0.722. The molecule has 0 amide bonds. The first-order chi connectivity index (χ1) is 8.36. The van der Waals surface area contributed by atoms with E-state index in [1.54, 1.807) is 0 Å². The molecule has 92 valence electrons. The van der Waals surface area contributed by atoms with Crippen molar-refractivity contribution < 1.29 is 0 Å². The normalized spacial score (nSPS) is 11.2. The van der Waals surface area contributed by atoms with Gasteiger partial charge in [-0.1, -0.05) is 31.9 Å². The van der Waals surface area contributed by atoms with Crippen LogP contribution in [-0.2, 0) is 13.0 Å². The summed E-state index contributed by atoms with van der Waals surface area (Å²) in [6.07, 6.45) is 7.03. The van der Waals surface area contributed by atoms with Crippen LogP contribution in [0.1, 0.15) is 31.7 Å². The lowest BCUT2D eigenvalue weighted by Gasteiger charge is -2.06. The molecule has 0 unspecified atom stereocenters. The van der Waals surface area contributed by atoms with Gasteiger partial charge in [0.05, 0.1) is 0 Å². The number of rotatable bonds is 6. The van der Waals surface area contributed by atoms with Crippen LogP contribution in [0.3, 0.4) is 0 Å². The van der Waals surface area contributed by atoms with E-state index in [2.05, 4.69) is 42.0 Å². The van der Waals surface area contributed by atoms with E-state index in [9.17, 15) is 0 Å². The summed E-state index contributed by atoms with van der Waals surface area (Å²) in [6.45, 7) is 4.09. The van der Waals surface area contributed by atoms with Gasteiger partial charge in [-0.15, -0.1) is 0 Å². The lowest BCUT2D eigenvalue weighted by Crippen LogP contribution is -2.03. The Kier molecular flexibility index (Phi) is 4.21. The average molecular weight is 230 g/mol. The number of unbranched alkanes of at least 4 members (excludes halogenated alkanes) is 2. The fraction of sp³-hybridized carbons (Fsp3) is 0.467. The van der Waals surface area contributed by atoms with Gasteiger partial charge in [0.25, 0.3) is 0 Å². The van der Waals surface area contributed by atoms with Crippen molar-refractivity contribution in [3.8, 4) is 0 Å². The summed E-state index contributed by atoms with van der Waals surface area (Å²) in [5, 5.41) is 1.37. The first kappa shape index (κ1) is 12.2. The zero-order chi connectivity index (χ0) is 12.1. The van der Waals surface area contributed by atoms with Gasteiger partial charge >= 0.3 is 0 Å². The fourth-order valence-corrected chi connectivity index (χ4v) is 2.39. The van der Waals surface area contributed by atoms with Gasteiger partial charge in [0.1, 0.15) is 0 Å². The molecule has 1 heterocycles. The average Bonchev–Trinajstić information content (AvgIpc) is 2.75. The Morgan fingerprint density at radius 2 is 2.06 bits per heavy atom. The van der Waals surface area contributed by atoms with E-state index in [0.717, 1.165) is 19.5 Å². The molecular weight excluding hydrogens is 208 g/mol. The van der Waals surface area contributed by atoms with Gasteiger partial charge in [0.2, 0.25) is 0 Å². The van der Waals surface area contributed by atoms with Crippen LogP contribution < -0.4 is 5.73 Å². The Bertz CT molecular complexity index is 471. The van der Waals surface area contributed by atoms with Crippen LogP contribution in [0.15, 0.2) is 30.5 Å². The molecule has 1 aromatic carbocycles. The number of benzene rings is 1. The van der Waals surface area contributed by atoms with Crippen molar-refractivity contribution in [1.82, 2.24) is 4.57 Å². The van der Waals surface area contributed by atoms with E-state index in [0.29, 0.717) is 0 Å². The van der Waals surface area contributed by atoms with E-state index in [-0.39, 0.29) is 0 Å². The summed E-state index contributed by atoms with van der Waals surface area (Å²) in [6, 6.07) is 8.77. The standard InChI is InChI=1S/C15H22N2/c1-2-3-4-11-17-12-9-14-13(8-10-16)6-5-7-15(14)17/h5-7,9,12H,2-4,8,10-11,16H2,1H3. The van der Waals surface area contributed by atoms with Crippen molar-refractivity contribution in [2.75, 3.05) is 6.54 Å². The van der Waals surface area contributed by atoms with Crippen LogP contribution in [0.25, 0.3) is 10.9 Å². The van der Waals surface area contributed by atoms with E-state index >= 15 is 0 Å². The third kappa shape index (κ3) is 2.70. The van der Waals surface area contributed by atoms with Crippen LogP contribution in [-0.4, -0.2) is 11.1 Å². The molecule has 2 N–H and O–H groups in total. The largest absolute Gasteiger partial charge is 0.347 e. The lowest BCUT2D eigenvalue weighted by molar-refractivity contribution is 0.616. The first-order valence-corrected chi connectivity index (χ1v) is 6.63. The van der Waals surface area contributed by atoms with Crippen molar-refractivity contribution in [2.45, 2.75) is 39.2 Å². The van der Waals surface area contributed by atoms with Gasteiger partial charge < -0.3 is 10.3 Å². The van der Waals surface area contributed by atoms with Crippen molar-refractivity contribution in [3.63, 3.8) is 0 Å². The maximum absolute atomic E-state index is 5.65. The highest BCUT2D eigenvalue weighted by Crippen LogP contribution is 2.21.